The standard InChI is InChI=1S/C12H7Cl2N7/c13-5-1-6(8(15)7(14)2-5)11-19-20-12-9-10(17-3-16-9)18-4-21(11)12/h1-4H,15H2,(H,16,17). The van der Waals surface area contributed by atoms with Crippen LogP contribution < -0.4 is 5.73 Å². The van der Waals surface area contributed by atoms with Gasteiger partial charge in [-0.2, -0.15) is 0 Å². The minimum Gasteiger partial charge on any atom is -0.397 e. The SMILES string of the molecule is Nc1c(Cl)cc(Cl)cc1-c1nnc2c3[nH]cnc3ncn12. The van der Waals surface area contributed by atoms with Gasteiger partial charge < -0.3 is 10.7 Å². The van der Waals surface area contributed by atoms with Gasteiger partial charge in [-0.05, 0) is 12.1 Å². The quantitative estimate of drug-likeness (QED) is 0.525. The van der Waals surface area contributed by atoms with Gasteiger partial charge in [0.25, 0.3) is 0 Å². The van der Waals surface area contributed by atoms with Crippen molar-refractivity contribution in [2.75, 3.05) is 5.73 Å². The fraction of sp³-hybridized carbons (Fsp3) is 0. The second kappa shape index (κ2) is 4.31. The zero-order valence-electron chi connectivity index (χ0n) is 10.4. The average Bonchev–Trinajstić information content (AvgIpc) is 3.07. The predicted molar refractivity (Wildman–Crippen MR) is 80.3 cm³/mol. The van der Waals surface area contributed by atoms with Gasteiger partial charge in [0.2, 0.25) is 0 Å². The molecule has 3 N–H and O–H groups in total. The van der Waals surface area contributed by atoms with E-state index in [-0.39, 0.29) is 0 Å². The van der Waals surface area contributed by atoms with Crippen LogP contribution >= 0.6 is 23.2 Å². The highest BCUT2D eigenvalue weighted by Gasteiger charge is 2.16. The highest BCUT2D eigenvalue weighted by Crippen LogP contribution is 2.34. The first-order chi connectivity index (χ1) is 10.1. The highest BCUT2D eigenvalue weighted by atomic mass is 35.5. The van der Waals surface area contributed by atoms with Crippen molar-refractivity contribution in [1.29, 1.82) is 0 Å². The summed E-state index contributed by atoms with van der Waals surface area (Å²) in [6, 6.07) is 3.27. The lowest BCUT2D eigenvalue weighted by molar-refractivity contribution is 1.09. The highest BCUT2D eigenvalue weighted by molar-refractivity contribution is 6.37. The van der Waals surface area contributed by atoms with Gasteiger partial charge in [-0.25, -0.2) is 9.97 Å². The first-order valence-corrected chi connectivity index (χ1v) is 6.68. The number of hydrogen-bond donors (Lipinski definition) is 2. The van der Waals surface area contributed by atoms with Crippen molar-refractivity contribution < 1.29 is 0 Å². The normalized spacial score (nSPS) is 11.5. The number of aromatic nitrogens is 6. The molecule has 0 fully saturated rings. The largest absolute Gasteiger partial charge is 0.397 e. The third-order valence-corrected chi connectivity index (χ3v) is 3.70. The molecule has 4 aromatic rings. The van der Waals surface area contributed by atoms with Crippen molar-refractivity contribution in [1.82, 2.24) is 29.5 Å². The number of anilines is 1. The molecular weight excluding hydrogens is 313 g/mol. The van der Waals surface area contributed by atoms with Crippen LogP contribution in [0.15, 0.2) is 24.8 Å². The number of nitrogens with two attached hydrogens (primary N) is 1. The Kier molecular flexibility index (Phi) is 2.54. The average molecular weight is 320 g/mol. The van der Waals surface area contributed by atoms with Crippen LogP contribution in [0.25, 0.3) is 28.2 Å². The first kappa shape index (κ1) is 12.4. The third-order valence-electron chi connectivity index (χ3n) is 3.17. The van der Waals surface area contributed by atoms with Crippen molar-refractivity contribution in [3.05, 3.63) is 34.8 Å². The lowest BCUT2D eigenvalue weighted by Gasteiger charge is -2.06. The maximum Gasteiger partial charge on any atom is 0.190 e. The number of hydrogen-bond acceptors (Lipinski definition) is 5. The Hall–Kier alpha value is -2.38. The molecule has 0 aliphatic heterocycles. The summed E-state index contributed by atoms with van der Waals surface area (Å²) in [6.07, 6.45) is 3.14. The topological polar surface area (TPSA) is 97.8 Å². The zero-order chi connectivity index (χ0) is 14.6. The van der Waals surface area contributed by atoms with Crippen LogP contribution in [-0.2, 0) is 0 Å². The van der Waals surface area contributed by atoms with E-state index < -0.39 is 0 Å². The van der Waals surface area contributed by atoms with Gasteiger partial charge in [0, 0.05) is 10.6 Å². The number of nitrogens with zero attached hydrogens (tertiary/aromatic N) is 5. The summed E-state index contributed by atoms with van der Waals surface area (Å²) in [5.41, 5.74) is 8.87. The molecule has 0 atom stereocenters. The van der Waals surface area contributed by atoms with E-state index in [4.69, 9.17) is 28.9 Å². The van der Waals surface area contributed by atoms with Crippen LogP contribution in [0.4, 0.5) is 5.69 Å². The molecule has 0 aliphatic carbocycles. The summed E-state index contributed by atoms with van der Waals surface area (Å²) in [6.45, 7) is 0. The number of halogens is 2. The first-order valence-electron chi connectivity index (χ1n) is 5.93. The molecule has 1 aromatic carbocycles. The van der Waals surface area contributed by atoms with Crippen molar-refractivity contribution >= 4 is 45.7 Å². The van der Waals surface area contributed by atoms with Gasteiger partial charge in [-0.3, -0.25) is 4.40 Å². The van der Waals surface area contributed by atoms with Crippen molar-refractivity contribution in [2.24, 2.45) is 0 Å². The van der Waals surface area contributed by atoms with Gasteiger partial charge in [-0.15, -0.1) is 10.2 Å². The lowest BCUT2D eigenvalue weighted by Crippen LogP contribution is -1.97. The molecule has 0 spiro atoms. The number of aromatic amines is 1. The molecule has 0 saturated heterocycles. The molecular formula is C12H7Cl2N7. The molecule has 3 aromatic heterocycles. The molecule has 0 unspecified atom stereocenters. The van der Waals surface area contributed by atoms with E-state index in [1.54, 1.807) is 29.2 Å². The Labute approximate surface area is 127 Å². The molecule has 3 heterocycles. The molecule has 21 heavy (non-hydrogen) atoms. The van der Waals surface area contributed by atoms with Crippen LogP contribution in [0.2, 0.25) is 10.0 Å². The number of H-pyrrole nitrogens is 1. The third kappa shape index (κ3) is 1.75. The lowest BCUT2D eigenvalue weighted by atomic mass is 10.1. The van der Waals surface area contributed by atoms with E-state index in [1.165, 1.54) is 0 Å². The number of nitrogens with one attached hydrogen (secondary N) is 1. The van der Waals surface area contributed by atoms with Crippen LogP contribution in [-0.4, -0.2) is 29.5 Å². The van der Waals surface area contributed by atoms with Crippen molar-refractivity contribution in [2.45, 2.75) is 0 Å². The molecule has 4 rings (SSSR count). The Morgan fingerprint density at radius 3 is 2.86 bits per heavy atom. The molecule has 0 aliphatic rings. The van der Waals surface area contributed by atoms with Crippen molar-refractivity contribution in [3.63, 3.8) is 0 Å². The predicted octanol–water partition coefficient (Wildman–Crippen LogP) is 2.56. The maximum absolute atomic E-state index is 6.07. The Bertz CT molecular complexity index is 988. The van der Waals surface area contributed by atoms with Crippen LogP contribution in [0.3, 0.4) is 0 Å². The monoisotopic (exact) mass is 319 g/mol. The number of fused-ring (bicyclic) bond motifs is 3. The smallest absolute Gasteiger partial charge is 0.190 e. The number of benzene rings is 1. The number of imidazole rings is 1. The van der Waals surface area contributed by atoms with Gasteiger partial charge >= 0.3 is 0 Å². The van der Waals surface area contributed by atoms with Gasteiger partial charge in [0.15, 0.2) is 17.1 Å². The summed E-state index contributed by atoms with van der Waals surface area (Å²) in [5, 5.41) is 9.16. The van der Waals surface area contributed by atoms with E-state index in [9.17, 15) is 0 Å². The summed E-state index contributed by atoms with van der Waals surface area (Å²) in [7, 11) is 0. The number of rotatable bonds is 1. The Morgan fingerprint density at radius 2 is 2.00 bits per heavy atom. The van der Waals surface area contributed by atoms with Gasteiger partial charge in [0.05, 0.1) is 17.0 Å². The molecule has 0 amide bonds. The Morgan fingerprint density at radius 1 is 1.14 bits per heavy atom. The zero-order valence-corrected chi connectivity index (χ0v) is 11.9. The van der Waals surface area contributed by atoms with E-state index in [2.05, 4.69) is 25.1 Å². The van der Waals surface area contributed by atoms with E-state index >= 15 is 0 Å². The van der Waals surface area contributed by atoms with Crippen LogP contribution in [0.1, 0.15) is 0 Å². The number of nitrogen functional groups attached to an aromatic ring is 1. The minimum atomic E-state index is 0.366. The molecule has 0 bridgehead atoms. The van der Waals surface area contributed by atoms with Gasteiger partial charge in [0.1, 0.15) is 11.8 Å². The van der Waals surface area contributed by atoms with Crippen molar-refractivity contribution in [3.8, 4) is 11.4 Å². The van der Waals surface area contributed by atoms with Gasteiger partial charge in [-0.1, -0.05) is 23.2 Å². The molecule has 104 valence electrons. The molecule has 0 radical (unpaired) electrons. The summed E-state index contributed by atoms with van der Waals surface area (Å²) in [4.78, 5) is 11.3. The fourth-order valence-electron chi connectivity index (χ4n) is 2.19. The molecule has 7 nitrogen and oxygen atoms in total. The Balaban J connectivity index is 2.07. The second-order valence-electron chi connectivity index (χ2n) is 4.41. The summed E-state index contributed by atoms with van der Waals surface area (Å²) < 4.78 is 1.71. The molecule has 0 saturated carbocycles. The van der Waals surface area contributed by atoms with Crippen LogP contribution in [0.5, 0.6) is 0 Å². The summed E-state index contributed by atoms with van der Waals surface area (Å²) in [5.74, 6) is 0.510. The minimum absolute atomic E-state index is 0.366. The maximum atomic E-state index is 6.07. The van der Waals surface area contributed by atoms with E-state index in [0.29, 0.717) is 43.9 Å². The molecule has 9 heteroatoms. The second-order valence-corrected chi connectivity index (χ2v) is 5.26. The van der Waals surface area contributed by atoms with E-state index in [1.807, 2.05) is 0 Å². The fourth-order valence-corrected chi connectivity index (χ4v) is 2.68. The van der Waals surface area contributed by atoms with Crippen LogP contribution in [0, 0.1) is 0 Å². The summed E-state index contributed by atoms with van der Waals surface area (Å²) >= 11 is 12.1. The van der Waals surface area contributed by atoms with E-state index in [0.717, 1.165) is 0 Å².